The number of imidazole rings is 1. The second-order valence-corrected chi connectivity index (χ2v) is 7.30. The Labute approximate surface area is 181 Å². The molecule has 0 aliphatic rings. The van der Waals surface area contributed by atoms with Gasteiger partial charge in [0.2, 0.25) is 0 Å². The molecule has 1 N–H and O–H groups in total. The molecule has 8 nitrogen and oxygen atoms in total. The molecule has 0 unspecified atom stereocenters. The molecule has 8 heteroatoms. The number of aromatic amines is 1. The highest BCUT2D eigenvalue weighted by Crippen LogP contribution is 2.22. The summed E-state index contributed by atoms with van der Waals surface area (Å²) in [5, 5.41) is 8.90. The number of H-pyrrole nitrogens is 1. The zero-order valence-corrected chi connectivity index (χ0v) is 17.1. The van der Waals surface area contributed by atoms with Gasteiger partial charge in [0.25, 0.3) is 0 Å². The van der Waals surface area contributed by atoms with Crippen LogP contribution >= 0.6 is 0 Å². The molecule has 0 saturated heterocycles. The zero-order valence-electron chi connectivity index (χ0n) is 17.1. The van der Waals surface area contributed by atoms with E-state index in [1.807, 2.05) is 23.7 Å². The number of hydrogen-bond acceptors (Lipinski definition) is 5. The van der Waals surface area contributed by atoms with Crippen molar-refractivity contribution in [1.29, 1.82) is 5.26 Å². The predicted molar refractivity (Wildman–Crippen MR) is 120 cm³/mol. The van der Waals surface area contributed by atoms with Crippen LogP contribution in [-0.4, -0.2) is 19.1 Å². The van der Waals surface area contributed by atoms with Gasteiger partial charge in [0.05, 0.1) is 39.4 Å². The van der Waals surface area contributed by atoms with Crippen LogP contribution in [0.5, 0.6) is 5.75 Å². The average Bonchev–Trinajstić information content (AvgIpc) is 3.13. The molecule has 2 heterocycles. The largest absolute Gasteiger partial charge is 0.486 e. The van der Waals surface area contributed by atoms with Gasteiger partial charge in [-0.05, 0) is 54.6 Å². The number of ether oxygens (including phenoxy) is 1. The highest BCUT2D eigenvalue weighted by molar-refractivity contribution is 5.81. The van der Waals surface area contributed by atoms with Crippen molar-refractivity contribution < 1.29 is 4.74 Å². The number of benzene rings is 3. The van der Waals surface area contributed by atoms with Gasteiger partial charge in [0.1, 0.15) is 18.2 Å². The molecule has 0 aliphatic heterocycles. The predicted octanol–water partition coefficient (Wildman–Crippen LogP) is 3.02. The number of aryl methyl sites for hydroxylation is 1. The highest BCUT2D eigenvalue weighted by atomic mass is 16.5. The molecule has 0 bridgehead atoms. The third-order valence-corrected chi connectivity index (χ3v) is 5.36. The van der Waals surface area contributed by atoms with Crippen LogP contribution in [0.1, 0.15) is 11.4 Å². The van der Waals surface area contributed by atoms with E-state index in [9.17, 15) is 9.59 Å². The summed E-state index contributed by atoms with van der Waals surface area (Å²) < 4.78 is 9.13. The summed E-state index contributed by atoms with van der Waals surface area (Å²) in [6.07, 6.45) is 0. The fraction of sp³-hybridized carbons (Fsp3) is 0.0833. The first-order chi connectivity index (χ1) is 15.5. The van der Waals surface area contributed by atoms with Crippen molar-refractivity contribution in [2.24, 2.45) is 7.05 Å². The minimum absolute atomic E-state index is 0.236. The fourth-order valence-corrected chi connectivity index (χ4v) is 3.70. The lowest BCUT2D eigenvalue weighted by Crippen LogP contribution is -2.35. The Morgan fingerprint density at radius 2 is 1.81 bits per heavy atom. The van der Waals surface area contributed by atoms with Crippen molar-refractivity contribution in [3.8, 4) is 17.5 Å². The van der Waals surface area contributed by atoms with Crippen molar-refractivity contribution in [2.75, 3.05) is 0 Å². The van der Waals surface area contributed by atoms with Gasteiger partial charge in [0, 0.05) is 7.05 Å². The number of fused-ring (bicyclic) bond motifs is 2. The lowest BCUT2D eigenvalue weighted by molar-refractivity contribution is 0.292. The lowest BCUT2D eigenvalue weighted by Gasteiger charge is -2.09. The first-order valence-electron chi connectivity index (χ1n) is 9.88. The van der Waals surface area contributed by atoms with Crippen LogP contribution in [0.3, 0.4) is 0 Å². The van der Waals surface area contributed by atoms with E-state index in [0.29, 0.717) is 39.4 Å². The summed E-state index contributed by atoms with van der Waals surface area (Å²) in [7, 11) is 1.89. The Morgan fingerprint density at radius 1 is 1.03 bits per heavy atom. The maximum atomic E-state index is 12.6. The van der Waals surface area contributed by atoms with E-state index in [4.69, 9.17) is 10.00 Å². The maximum absolute atomic E-state index is 12.6. The topological polar surface area (TPSA) is 106 Å². The molecule has 0 fully saturated rings. The van der Waals surface area contributed by atoms with Crippen LogP contribution in [0.2, 0.25) is 0 Å². The van der Waals surface area contributed by atoms with E-state index in [1.165, 1.54) is 4.57 Å². The Bertz CT molecular complexity index is 1640. The van der Waals surface area contributed by atoms with Gasteiger partial charge in [0.15, 0.2) is 0 Å². The van der Waals surface area contributed by atoms with E-state index in [-0.39, 0.29) is 6.61 Å². The Hall–Kier alpha value is -4.64. The number of rotatable bonds is 4. The molecule has 5 rings (SSSR count). The van der Waals surface area contributed by atoms with Crippen LogP contribution in [0.25, 0.3) is 27.8 Å². The van der Waals surface area contributed by atoms with Crippen LogP contribution in [0.15, 0.2) is 76.3 Å². The summed E-state index contributed by atoms with van der Waals surface area (Å²) in [6, 6.07) is 21.5. The third kappa shape index (κ3) is 3.22. The summed E-state index contributed by atoms with van der Waals surface area (Å²) in [6.45, 7) is 0.236. The van der Waals surface area contributed by atoms with E-state index in [1.54, 1.807) is 54.6 Å². The molecule has 2 aromatic heterocycles. The fourth-order valence-electron chi connectivity index (χ4n) is 3.70. The number of hydrogen-bond donors (Lipinski definition) is 1. The van der Waals surface area contributed by atoms with E-state index in [2.05, 4.69) is 16.0 Å². The van der Waals surface area contributed by atoms with Crippen molar-refractivity contribution >= 4 is 22.1 Å². The van der Waals surface area contributed by atoms with E-state index in [0.717, 1.165) is 5.52 Å². The summed E-state index contributed by atoms with van der Waals surface area (Å²) in [5.74, 6) is 1.34. The first kappa shape index (κ1) is 19.3. The molecule has 0 saturated carbocycles. The third-order valence-electron chi connectivity index (χ3n) is 5.36. The number of para-hydroxylation sites is 2. The molecule has 0 spiro atoms. The number of aromatic nitrogens is 4. The van der Waals surface area contributed by atoms with E-state index < -0.39 is 11.1 Å². The Balaban J connectivity index is 1.54. The Kier molecular flexibility index (Phi) is 4.57. The molecule has 0 aliphatic carbocycles. The minimum Gasteiger partial charge on any atom is -0.486 e. The van der Waals surface area contributed by atoms with Crippen molar-refractivity contribution in [1.82, 2.24) is 19.1 Å². The normalized spacial score (nSPS) is 11.0. The smallest absolute Gasteiger partial charge is 0.321 e. The summed E-state index contributed by atoms with van der Waals surface area (Å²) in [4.78, 5) is 32.1. The second-order valence-electron chi connectivity index (χ2n) is 7.30. The standard InChI is InChI=1S/C24H17N5O3/c1-28-20-11-8-16(29-21-5-3-2-4-18(21)27-23(30)24(29)31)12-19(20)26-22(28)14-32-17-9-6-15(13-25)7-10-17/h2-12H,14H2,1H3,(H,27,30). The van der Waals surface area contributed by atoms with Gasteiger partial charge < -0.3 is 14.3 Å². The monoisotopic (exact) mass is 423 g/mol. The molecule has 5 aromatic rings. The first-order valence-corrected chi connectivity index (χ1v) is 9.88. The molecule has 0 atom stereocenters. The second kappa shape index (κ2) is 7.56. The quantitative estimate of drug-likeness (QED) is 0.447. The molecule has 32 heavy (non-hydrogen) atoms. The van der Waals surface area contributed by atoms with Crippen molar-refractivity contribution in [3.05, 3.63) is 98.8 Å². The Morgan fingerprint density at radius 3 is 2.59 bits per heavy atom. The summed E-state index contributed by atoms with van der Waals surface area (Å²) in [5.41, 5.74) is 2.53. The number of nitriles is 1. The van der Waals surface area contributed by atoms with Crippen molar-refractivity contribution in [2.45, 2.75) is 6.61 Å². The van der Waals surface area contributed by atoms with Crippen molar-refractivity contribution in [3.63, 3.8) is 0 Å². The molecular weight excluding hydrogens is 406 g/mol. The molecule has 3 aromatic carbocycles. The van der Waals surface area contributed by atoms with E-state index >= 15 is 0 Å². The van der Waals surface area contributed by atoms with Gasteiger partial charge in [-0.3, -0.25) is 14.2 Å². The molecule has 0 amide bonds. The molecule has 156 valence electrons. The van der Waals surface area contributed by atoms with Gasteiger partial charge in [-0.2, -0.15) is 5.26 Å². The number of nitrogens with zero attached hydrogens (tertiary/aromatic N) is 4. The van der Waals surface area contributed by atoms with Gasteiger partial charge in [-0.25, -0.2) is 4.98 Å². The maximum Gasteiger partial charge on any atom is 0.321 e. The molecular formula is C24H17N5O3. The van der Waals surface area contributed by atoms with Gasteiger partial charge in [-0.1, -0.05) is 12.1 Å². The summed E-state index contributed by atoms with van der Waals surface area (Å²) >= 11 is 0. The van der Waals surface area contributed by atoms with Gasteiger partial charge in [-0.15, -0.1) is 0 Å². The molecule has 0 radical (unpaired) electrons. The highest BCUT2D eigenvalue weighted by Gasteiger charge is 2.13. The zero-order chi connectivity index (χ0) is 22.2. The van der Waals surface area contributed by atoms with Crippen LogP contribution < -0.4 is 15.9 Å². The lowest BCUT2D eigenvalue weighted by atomic mass is 10.2. The van der Waals surface area contributed by atoms with Crippen LogP contribution in [-0.2, 0) is 13.7 Å². The van der Waals surface area contributed by atoms with Crippen LogP contribution in [0.4, 0.5) is 0 Å². The SMILES string of the molecule is Cn1c(COc2ccc(C#N)cc2)nc2cc(-n3c(=O)c(=O)[nH]c4ccccc43)ccc21. The minimum atomic E-state index is -0.679. The number of nitrogens with one attached hydrogen (secondary N) is 1. The van der Waals surface area contributed by atoms with Gasteiger partial charge >= 0.3 is 11.1 Å². The average molecular weight is 423 g/mol. The van der Waals surface area contributed by atoms with Crippen LogP contribution in [0, 0.1) is 11.3 Å².